The zero-order valence-electron chi connectivity index (χ0n) is 20.3. The van der Waals surface area contributed by atoms with Crippen molar-refractivity contribution in [3.63, 3.8) is 0 Å². The molecule has 0 saturated carbocycles. The smallest absolute Gasteiger partial charge is 0.263 e. The monoisotopic (exact) mass is 487 g/mol. The Bertz CT molecular complexity index is 1250. The summed E-state index contributed by atoms with van der Waals surface area (Å²) in [4.78, 5) is 33.4. The maximum absolute atomic E-state index is 13.6. The fraction of sp³-hybridized carbons (Fsp3) is 0.583. The molecular formula is C24H33N5O2S2. The quantitative estimate of drug-likeness (QED) is 0.386. The van der Waals surface area contributed by atoms with Crippen LogP contribution in [0.2, 0.25) is 0 Å². The van der Waals surface area contributed by atoms with E-state index in [-0.39, 0.29) is 17.2 Å². The van der Waals surface area contributed by atoms with Gasteiger partial charge in [-0.3, -0.25) is 18.8 Å². The van der Waals surface area contributed by atoms with Gasteiger partial charge in [-0.2, -0.15) is 5.10 Å². The number of carbonyl (C=O) groups excluding carboxylic acids is 1. The summed E-state index contributed by atoms with van der Waals surface area (Å²) in [5, 5.41) is 8.78. The van der Waals surface area contributed by atoms with Gasteiger partial charge in [-0.25, -0.2) is 4.98 Å². The molecule has 33 heavy (non-hydrogen) atoms. The lowest BCUT2D eigenvalue weighted by Gasteiger charge is -2.18. The summed E-state index contributed by atoms with van der Waals surface area (Å²) in [5.74, 6) is 1.19. The Morgan fingerprint density at radius 1 is 1.33 bits per heavy atom. The Morgan fingerprint density at radius 3 is 2.76 bits per heavy atom. The van der Waals surface area contributed by atoms with Crippen LogP contribution in [-0.4, -0.2) is 31.0 Å². The minimum atomic E-state index is -0.122. The summed E-state index contributed by atoms with van der Waals surface area (Å²) < 4.78 is 3.56. The summed E-state index contributed by atoms with van der Waals surface area (Å²) in [6, 6.07) is 0. The van der Waals surface area contributed by atoms with E-state index in [1.54, 1.807) is 20.6 Å². The van der Waals surface area contributed by atoms with E-state index in [0.717, 1.165) is 53.0 Å². The van der Waals surface area contributed by atoms with Crippen LogP contribution in [-0.2, 0) is 31.2 Å². The first-order chi connectivity index (χ1) is 15.7. The molecule has 0 saturated heterocycles. The van der Waals surface area contributed by atoms with Crippen LogP contribution in [0.15, 0.2) is 9.95 Å². The summed E-state index contributed by atoms with van der Waals surface area (Å²) in [7, 11) is 1.86. The number of hydrogen-bond donors (Lipinski definition) is 1. The topological polar surface area (TPSA) is 81.8 Å². The van der Waals surface area contributed by atoms with Crippen molar-refractivity contribution in [1.82, 2.24) is 19.3 Å². The third-order valence-corrected chi connectivity index (χ3v) is 8.54. The van der Waals surface area contributed by atoms with Gasteiger partial charge in [0.25, 0.3) is 5.56 Å². The number of rotatable bonds is 7. The number of amides is 1. The second kappa shape index (κ2) is 9.62. The highest BCUT2D eigenvalue weighted by Gasteiger charge is 2.25. The van der Waals surface area contributed by atoms with Crippen molar-refractivity contribution in [1.29, 1.82) is 0 Å². The SMILES string of the molecule is Cc1nn(C)c(C)c1NC(=O)CSc1nc2sc3c(c2c(=O)n1CCC(C)C)CCC(C)C3. The summed E-state index contributed by atoms with van der Waals surface area (Å²) in [6.45, 7) is 11.0. The molecule has 9 heteroatoms. The van der Waals surface area contributed by atoms with Crippen LogP contribution < -0.4 is 10.9 Å². The van der Waals surface area contributed by atoms with Crippen LogP contribution in [0, 0.1) is 25.7 Å². The van der Waals surface area contributed by atoms with Gasteiger partial charge < -0.3 is 5.32 Å². The van der Waals surface area contributed by atoms with Crippen molar-refractivity contribution in [2.75, 3.05) is 11.1 Å². The largest absolute Gasteiger partial charge is 0.322 e. The first-order valence-corrected chi connectivity index (χ1v) is 13.4. The lowest BCUT2D eigenvalue weighted by molar-refractivity contribution is -0.113. The molecule has 0 spiro atoms. The molecule has 1 amide bonds. The van der Waals surface area contributed by atoms with E-state index in [1.807, 2.05) is 20.9 Å². The van der Waals surface area contributed by atoms with Crippen LogP contribution >= 0.6 is 23.1 Å². The molecule has 178 valence electrons. The Hall–Kier alpha value is -2.13. The number of carbonyl (C=O) groups is 1. The van der Waals surface area contributed by atoms with Gasteiger partial charge in [0.1, 0.15) is 4.83 Å². The average Bonchev–Trinajstić information content (AvgIpc) is 3.22. The third-order valence-electron chi connectivity index (χ3n) is 6.42. The molecule has 1 aliphatic carbocycles. The predicted molar refractivity (Wildman–Crippen MR) is 137 cm³/mol. The Kier molecular flexibility index (Phi) is 7.00. The van der Waals surface area contributed by atoms with E-state index in [2.05, 4.69) is 31.2 Å². The number of hydrogen-bond acceptors (Lipinski definition) is 6. The van der Waals surface area contributed by atoms with Crippen LogP contribution in [0.5, 0.6) is 0 Å². The van der Waals surface area contributed by atoms with Crippen LogP contribution in [0.4, 0.5) is 5.69 Å². The Labute approximate surface area is 203 Å². The molecule has 3 heterocycles. The Balaban J connectivity index is 1.63. The molecule has 4 rings (SSSR count). The van der Waals surface area contributed by atoms with Gasteiger partial charge in [0.05, 0.1) is 28.2 Å². The second-order valence-corrected chi connectivity index (χ2v) is 11.6. The van der Waals surface area contributed by atoms with Gasteiger partial charge in [-0.05, 0) is 56.9 Å². The molecule has 1 N–H and O–H groups in total. The van der Waals surface area contributed by atoms with Crippen molar-refractivity contribution in [3.8, 4) is 0 Å². The maximum Gasteiger partial charge on any atom is 0.263 e. The zero-order valence-corrected chi connectivity index (χ0v) is 22.0. The molecular weight excluding hydrogens is 454 g/mol. The molecule has 0 fully saturated rings. The molecule has 0 aliphatic heterocycles. The second-order valence-electron chi connectivity index (χ2n) is 9.57. The molecule has 7 nitrogen and oxygen atoms in total. The highest BCUT2D eigenvalue weighted by atomic mass is 32.2. The van der Waals surface area contributed by atoms with Crippen molar-refractivity contribution in [3.05, 3.63) is 32.2 Å². The number of thioether (sulfide) groups is 1. The summed E-state index contributed by atoms with van der Waals surface area (Å²) >= 11 is 3.00. The van der Waals surface area contributed by atoms with Crippen LogP contribution in [0.1, 0.15) is 55.4 Å². The molecule has 0 radical (unpaired) electrons. The lowest BCUT2D eigenvalue weighted by Crippen LogP contribution is -2.25. The fourth-order valence-electron chi connectivity index (χ4n) is 4.36. The molecule has 1 unspecified atom stereocenters. The first-order valence-electron chi connectivity index (χ1n) is 11.6. The normalized spacial score (nSPS) is 15.9. The van der Waals surface area contributed by atoms with Gasteiger partial charge in [0.2, 0.25) is 5.91 Å². The number of anilines is 1. The number of thiophene rings is 1. The predicted octanol–water partition coefficient (Wildman–Crippen LogP) is 4.71. The maximum atomic E-state index is 13.6. The fourth-order valence-corrected chi connectivity index (χ4v) is 6.61. The lowest BCUT2D eigenvalue weighted by atomic mass is 9.89. The van der Waals surface area contributed by atoms with Crippen molar-refractivity contribution < 1.29 is 4.79 Å². The van der Waals surface area contributed by atoms with Crippen LogP contribution in [0.25, 0.3) is 10.2 Å². The minimum absolute atomic E-state index is 0.0505. The van der Waals surface area contributed by atoms with E-state index in [1.165, 1.54) is 22.2 Å². The van der Waals surface area contributed by atoms with Crippen molar-refractivity contribution in [2.24, 2.45) is 18.9 Å². The number of nitrogens with one attached hydrogen (secondary N) is 1. The van der Waals surface area contributed by atoms with Gasteiger partial charge in [0.15, 0.2) is 5.16 Å². The Morgan fingerprint density at radius 2 is 2.09 bits per heavy atom. The number of aryl methyl sites for hydroxylation is 3. The van der Waals surface area contributed by atoms with Gasteiger partial charge >= 0.3 is 0 Å². The third kappa shape index (κ3) is 4.89. The summed E-state index contributed by atoms with van der Waals surface area (Å²) in [6.07, 6.45) is 3.99. The highest BCUT2D eigenvalue weighted by Crippen LogP contribution is 2.36. The number of nitrogens with zero attached hydrogens (tertiary/aromatic N) is 4. The molecule has 0 bridgehead atoms. The van der Waals surface area contributed by atoms with E-state index in [9.17, 15) is 9.59 Å². The van der Waals surface area contributed by atoms with E-state index in [0.29, 0.717) is 23.5 Å². The molecule has 1 aliphatic rings. The van der Waals surface area contributed by atoms with Crippen molar-refractivity contribution in [2.45, 2.75) is 72.0 Å². The van der Waals surface area contributed by atoms with E-state index >= 15 is 0 Å². The number of aromatic nitrogens is 4. The van der Waals surface area contributed by atoms with E-state index < -0.39 is 0 Å². The standard InChI is InChI=1S/C24H33N5O2S2/c1-13(2)9-10-29-23(31)20-17-8-7-14(3)11-18(17)33-22(20)26-24(29)32-12-19(30)25-21-15(4)27-28(6)16(21)5/h13-14H,7-12H2,1-6H3,(H,25,30). The minimum Gasteiger partial charge on any atom is -0.322 e. The van der Waals surface area contributed by atoms with Crippen molar-refractivity contribution >= 4 is 44.9 Å². The van der Waals surface area contributed by atoms with Gasteiger partial charge in [0, 0.05) is 18.5 Å². The molecule has 0 aromatic carbocycles. The highest BCUT2D eigenvalue weighted by molar-refractivity contribution is 7.99. The van der Waals surface area contributed by atoms with E-state index in [4.69, 9.17) is 4.98 Å². The molecule has 3 aromatic heterocycles. The molecule has 3 aromatic rings. The summed E-state index contributed by atoms with van der Waals surface area (Å²) in [5.41, 5.74) is 3.72. The van der Waals surface area contributed by atoms with Crippen LogP contribution in [0.3, 0.4) is 0 Å². The average molecular weight is 488 g/mol. The zero-order chi connectivity index (χ0) is 23.9. The first kappa shape index (κ1) is 24.0. The molecule has 1 atom stereocenters. The van der Waals surface area contributed by atoms with Gasteiger partial charge in [-0.15, -0.1) is 11.3 Å². The number of fused-ring (bicyclic) bond motifs is 3. The van der Waals surface area contributed by atoms with Gasteiger partial charge in [-0.1, -0.05) is 32.5 Å².